The Morgan fingerprint density at radius 1 is 1.24 bits per heavy atom. The van der Waals surface area contributed by atoms with Gasteiger partial charge in [-0.05, 0) is 0 Å². The van der Waals surface area contributed by atoms with E-state index in [0.29, 0.717) is 13.3 Å². The van der Waals surface area contributed by atoms with E-state index in [4.69, 9.17) is 9.97 Å². The fourth-order valence-electron chi connectivity index (χ4n) is 3.83. The topological polar surface area (TPSA) is 108 Å². The van der Waals surface area contributed by atoms with E-state index in [1.807, 2.05) is 26.0 Å². The van der Waals surface area contributed by atoms with Crippen LogP contribution < -0.4 is 20.4 Å². The monoisotopic (exact) mass is 455 g/mol. The molecule has 2 aromatic rings. The number of nitrogens with zero attached hydrogens (tertiary/aromatic N) is 3. The molecule has 1 aromatic carbocycles. The molecule has 2 bridgehead atoms. The zero-order valence-corrected chi connectivity index (χ0v) is 17.8. The van der Waals surface area contributed by atoms with E-state index in [0.717, 1.165) is 6.07 Å². The molecule has 4 rings (SSSR count). The minimum absolute atomic E-state index is 0.0323. The second-order valence-corrected chi connectivity index (χ2v) is 7.77. The van der Waals surface area contributed by atoms with E-state index in [-0.39, 0.29) is 42.1 Å². The number of amides is 2. The molecule has 2 amide bonds. The first kappa shape index (κ1) is 22.4. The maximum atomic E-state index is 13.9. The molecule has 0 unspecified atom stereocenters. The number of nitrogens with one attached hydrogen (secondary N) is 2. The molecule has 2 aliphatic heterocycles. The molecule has 0 fully saturated rings. The third-order valence-electron chi connectivity index (χ3n) is 5.69. The zero-order valence-electron chi connectivity index (χ0n) is 17.8. The molecule has 2 atom stereocenters. The standard InChI is InChI=1S/C21H20BF2N5O4/c1-11-3-4-12(2)29-10-27(11)21(32)17-19(33-22-25)18(30)15(9-28(17)29)20(31)26-8-13-5-6-14(23)7-16(13)24/h3-7,9,11-12,25H,8,10H2,1-2H3,(H,26,31)/t11-,12-/m1/s1. The summed E-state index contributed by atoms with van der Waals surface area (Å²) in [7, 11) is 0.508. The van der Waals surface area contributed by atoms with Gasteiger partial charge in [-0.15, -0.1) is 0 Å². The zero-order chi connectivity index (χ0) is 23.9. The number of fused-ring (bicyclic) bond motifs is 4. The van der Waals surface area contributed by atoms with Crippen LogP contribution in [0.5, 0.6) is 5.75 Å². The molecular weight excluding hydrogens is 435 g/mol. The summed E-state index contributed by atoms with van der Waals surface area (Å²) in [5.41, 5.74) is -1.31. The van der Waals surface area contributed by atoms with E-state index in [1.165, 1.54) is 16.9 Å². The van der Waals surface area contributed by atoms with E-state index >= 15 is 0 Å². The molecule has 0 saturated heterocycles. The number of carbonyl (C=O) groups is 2. The molecule has 2 N–H and O–H groups in total. The van der Waals surface area contributed by atoms with Gasteiger partial charge in [0, 0.05) is 0 Å². The van der Waals surface area contributed by atoms with Crippen molar-refractivity contribution < 1.29 is 23.0 Å². The maximum absolute atomic E-state index is 13.9. The van der Waals surface area contributed by atoms with Gasteiger partial charge in [0.25, 0.3) is 0 Å². The van der Waals surface area contributed by atoms with Crippen molar-refractivity contribution in [3.8, 4) is 5.75 Å². The van der Waals surface area contributed by atoms with Gasteiger partial charge < -0.3 is 0 Å². The number of carbonyl (C=O) groups excluding carboxylic acids is 2. The molecule has 0 saturated carbocycles. The van der Waals surface area contributed by atoms with Crippen LogP contribution in [0.3, 0.4) is 0 Å². The summed E-state index contributed by atoms with van der Waals surface area (Å²) in [6, 6.07) is 2.51. The van der Waals surface area contributed by atoms with Crippen LogP contribution in [0.25, 0.3) is 0 Å². The molecule has 0 spiro atoms. The Morgan fingerprint density at radius 3 is 2.67 bits per heavy atom. The van der Waals surface area contributed by atoms with Gasteiger partial charge in [-0.25, -0.2) is 0 Å². The van der Waals surface area contributed by atoms with Crippen LogP contribution in [0.2, 0.25) is 0 Å². The Bertz CT molecular complexity index is 1250. The van der Waals surface area contributed by atoms with Crippen LogP contribution >= 0.6 is 0 Å². The van der Waals surface area contributed by atoms with Gasteiger partial charge in [-0.2, -0.15) is 0 Å². The first-order valence-electron chi connectivity index (χ1n) is 10.2. The summed E-state index contributed by atoms with van der Waals surface area (Å²) in [4.78, 5) is 40.7. The summed E-state index contributed by atoms with van der Waals surface area (Å²) in [6.07, 6.45) is 5.01. The van der Waals surface area contributed by atoms with Crippen LogP contribution in [0.15, 0.2) is 41.3 Å². The van der Waals surface area contributed by atoms with Crippen molar-refractivity contribution >= 4 is 19.1 Å². The van der Waals surface area contributed by atoms with Crippen molar-refractivity contribution in [2.24, 2.45) is 0 Å². The SMILES string of the molecule is C[C@@H]1C=C[C@@H](C)N2CN1C(=O)c1c(OB=N)c(=O)c(C(=O)NCc3ccc(F)cc3F)cn12. The molecule has 9 nitrogen and oxygen atoms in total. The molecule has 33 heavy (non-hydrogen) atoms. The quantitative estimate of drug-likeness (QED) is 0.525. The number of pyridine rings is 1. The second-order valence-electron chi connectivity index (χ2n) is 7.77. The van der Waals surface area contributed by atoms with Gasteiger partial charge in [-0.1, -0.05) is 0 Å². The average Bonchev–Trinajstić information content (AvgIpc) is 2.90. The van der Waals surface area contributed by atoms with Gasteiger partial charge in [0.1, 0.15) is 0 Å². The molecule has 170 valence electrons. The molecule has 0 aliphatic carbocycles. The van der Waals surface area contributed by atoms with Crippen molar-refractivity contribution in [1.82, 2.24) is 14.9 Å². The summed E-state index contributed by atoms with van der Waals surface area (Å²) >= 11 is 0. The van der Waals surface area contributed by atoms with Gasteiger partial charge in [0.2, 0.25) is 0 Å². The molecular formula is C21H20BF2N5O4. The van der Waals surface area contributed by atoms with Crippen molar-refractivity contribution in [3.05, 3.63) is 75.2 Å². The Balaban J connectivity index is 1.76. The van der Waals surface area contributed by atoms with Crippen LogP contribution in [0.4, 0.5) is 8.78 Å². The summed E-state index contributed by atoms with van der Waals surface area (Å²) < 4.78 is 33.5. The molecule has 0 radical (unpaired) electrons. The van der Waals surface area contributed by atoms with Crippen LogP contribution in [-0.2, 0) is 6.54 Å². The fraction of sp³-hybridized carbons (Fsp3) is 0.286. The third-order valence-corrected chi connectivity index (χ3v) is 5.69. The average molecular weight is 455 g/mol. The van der Waals surface area contributed by atoms with Crippen molar-refractivity contribution in [3.63, 3.8) is 0 Å². The number of rotatable bonds is 5. The Kier molecular flexibility index (Phi) is 5.83. The van der Waals surface area contributed by atoms with Crippen molar-refractivity contribution in [1.29, 1.82) is 5.31 Å². The van der Waals surface area contributed by atoms with Crippen LogP contribution in [-0.4, -0.2) is 47.4 Å². The summed E-state index contributed by atoms with van der Waals surface area (Å²) in [5, 5.41) is 11.5. The minimum atomic E-state index is -0.885. The second kappa shape index (κ2) is 8.60. The van der Waals surface area contributed by atoms with E-state index in [2.05, 4.69) is 5.32 Å². The third kappa shape index (κ3) is 3.92. The van der Waals surface area contributed by atoms with Crippen LogP contribution in [0, 0.1) is 16.9 Å². The fourth-order valence-corrected chi connectivity index (χ4v) is 3.83. The van der Waals surface area contributed by atoms with E-state index in [9.17, 15) is 23.2 Å². The number of halogens is 2. The normalized spacial score (nSPS) is 19.0. The predicted molar refractivity (Wildman–Crippen MR) is 115 cm³/mol. The first-order chi connectivity index (χ1) is 15.7. The first-order valence-corrected chi connectivity index (χ1v) is 10.2. The van der Waals surface area contributed by atoms with Crippen LogP contribution in [0.1, 0.15) is 40.3 Å². The number of hydrogen-bond acceptors (Lipinski definition) is 6. The predicted octanol–water partition coefficient (Wildman–Crippen LogP) is 1.51. The van der Waals surface area contributed by atoms with E-state index < -0.39 is 34.6 Å². The molecule has 3 heterocycles. The summed E-state index contributed by atoms with van der Waals surface area (Å²) in [6.45, 7) is 3.64. The Labute approximate surface area is 188 Å². The van der Waals surface area contributed by atoms with Gasteiger partial charge in [-0.3, -0.25) is 0 Å². The number of aromatic nitrogens is 1. The van der Waals surface area contributed by atoms with Gasteiger partial charge >= 0.3 is 187 Å². The Hall–Kier alpha value is -3.83. The number of hydrogen-bond donors (Lipinski definition) is 2. The van der Waals surface area contributed by atoms with Crippen molar-refractivity contribution in [2.75, 3.05) is 11.7 Å². The Morgan fingerprint density at radius 2 is 1.97 bits per heavy atom. The van der Waals surface area contributed by atoms with Gasteiger partial charge in [0.15, 0.2) is 0 Å². The molecule has 1 aromatic heterocycles. The van der Waals surface area contributed by atoms with E-state index in [1.54, 1.807) is 9.91 Å². The van der Waals surface area contributed by atoms with Crippen molar-refractivity contribution in [2.45, 2.75) is 32.5 Å². The molecule has 2 aliphatic rings. The summed E-state index contributed by atoms with van der Waals surface area (Å²) in [5.74, 6) is -3.36. The van der Waals surface area contributed by atoms with Gasteiger partial charge in [0.05, 0.1) is 0 Å². The number of benzene rings is 1. The molecule has 12 heteroatoms.